The molecule has 1 atom stereocenters. The molecule has 2 rings (SSSR count). The molecule has 1 aliphatic heterocycles. The molecule has 112 valence electrons. The molecule has 1 amide bonds. The summed E-state index contributed by atoms with van der Waals surface area (Å²) >= 11 is 1.78. The van der Waals surface area contributed by atoms with E-state index < -0.39 is 5.60 Å². The van der Waals surface area contributed by atoms with Crippen molar-refractivity contribution in [2.45, 2.75) is 44.8 Å². The predicted molar refractivity (Wildman–Crippen MR) is 80.2 cm³/mol. The summed E-state index contributed by atoms with van der Waals surface area (Å²) in [5.74, 6) is -0.0101. The summed E-state index contributed by atoms with van der Waals surface area (Å²) in [4.78, 5) is 15.1. The summed E-state index contributed by atoms with van der Waals surface area (Å²) in [5.41, 5.74) is -0.710. The van der Waals surface area contributed by atoms with Crippen LogP contribution in [0.3, 0.4) is 0 Å². The monoisotopic (exact) mass is 297 g/mol. The molecule has 1 aromatic heterocycles. The molecular weight excluding hydrogens is 274 g/mol. The Kier molecular flexibility index (Phi) is 5.18. The Morgan fingerprint density at radius 3 is 2.75 bits per heavy atom. The van der Waals surface area contributed by atoms with E-state index in [9.17, 15) is 4.79 Å². The van der Waals surface area contributed by atoms with Gasteiger partial charge in [0.25, 0.3) is 5.91 Å². The second kappa shape index (κ2) is 6.70. The molecule has 0 spiro atoms. The molecule has 0 bridgehead atoms. The van der Waals surface area contributed by atoms with Crippen molar-refractivity contribution >= 4 is 17.2 Å². The van der Waals surface area contributed by atoms with E-state index in [0.29, 0.717) is 26.1 Å². The smallest absolute Gasteiger partial charge is 0.252 e. The molecule has 1 unspecified atom stereocenters. The van der Waals surface area contributed by atoms with Crippen LogP contribution in [0.25, 0.3) is 0 Å². The van der Waals surface area contributed by atoms with Crippen LogP contribution >= 0.6 is 11.3 Å². The maximum Gasteiger partial charge on any atom is 0.252 e. The highest BCUT2D eigenvalue weighted by Crippen LogP contribution is 2.25. The van der Waals surface area contributed by atoms with Crippen LogP contribution in [-0.4, -0.2) is 37.9 Å². The van der Waals surface area contributed by atoms with Gasteiger partial charge < -0.3 is 14.8 Å². The second-order valence-corrected chi connectivity index (χ2v) is 6.77. The lowest BCUT2D eigenvalue weighted by Crippen LogP contribution is -2.53. The van der Waals surface area contributed by atoms with Crippen molar-refractivity contribution in [2.24, 2.45) is 0 Å². The lowest BCUT2D eigenvalue weighted by Gasteiger charge is -2.35. The number of nitrogens with one attached hydrogen (secondary N) is 1. The number of aryl methyl sites for hydroxylation is 1. The molecule has 1 N–H and O–H groups in total. The molecule has 20 heavy (non-hydrogen) atoms. The number of carbonyl (C=O) groups excluding carboxylic acids is 1. The van der Waals surface area contributed by atoms with E-state index in [1.54, 1.807) is 18.4 Å². The Morgan fingerprint density at radius 1 is 1.50 bits per heavy atom. The van der Waals surface area contributed by atoms with E-state index >= 15 is 0 Å². The van der Waals surface area contributed by atoms with Gasteiger partial charge in [0.05, 0.1) is 0 Å². The van der Waals surface area contributed by atoms with Gasteiger partial charge in [0.2, 0.25) is 0 Å². The normalized spacial score (nSPS) is 19.6. The fraction of sp³-hybridized carbons (Fsp3) is 0.667. The van der Waals surface area contributed by atoms with Gasteiger partial charge in [-0.3, -0.25) is 4.79 Å². The van der Waals surface area contributed by atoms with E-state index in [0.717, 1.165) is 6.42 Å². The zero-order valence-corrected chi connectivity index (χ0v) is 13.2. The summed E-state index contributed by atoms with van der Waals surface area (Å²) in [6.45, 7) is 5.30. The number of methoxy groups -OCH3 is 1. The molecular formula is C15H23NO3S. The Balaban J connectivity index is 1.92. The van der Waals surface area contributed by atoms with Gasteiger partial charge in [-0.15, -0.1) is 11.3 Å². The van der Waals surface area contributed by atoms with Crippen LogP contribution in [0.4, 0.5) is 0 Å². The lowest BCUT2D eigenvalue weighted by molar-refractivity contribution is -0.155. The number of amides is 1. The maximum absolute atomic E-state index is 12.5. The first-order chi connectivity index (χ1) is 9.55. The zero-order chi connectivity index (χ0) is 14.6. The van der Waals surface area contributed by atoms with Crippen molar-refractivity contribution < 1.29 is 14.3 Å². The molecule has 1 aliphatic rings. The number of carbonyl (C=O) groups is 1. The minimum Gasteiger partial charge on any atom is -0.381 e. The van der Waals surface area contributed by atoms with Gasteiger partial charge >= 0.3 is 0 Å². The fourth-order valence-electron chi connectivity index (χ4n) is 2.53. The van der Waals surface area contributed by atoms with E-state index in [1.165, 1.54) is 9.75 Å². The zero-order valence-electron chi connectivity index (χ0n) is 12.4. The molecule has 0 aliphatic carbocycles. The van der Waals surface area contributed by atoms with Gasteiger partial charge in [-0.05, 0) is 26.0 Å². The topological polar surface area (TPSA) is 47.6 Å². The highest BCUT2D eigenvalue weighted by molar-refractivity contribution is 7.11. The minimum atomic E-state index is -0.710. The van der Waals surface area contributed by atoms with Crippen molar-refractivity contribution in [1.82, 2.24) is 5.32 Å². The lowest BCUT2D eigenvalue weighted by atomic mass is 9.92. The SMILES string of the molecule is COC1(C(=O)NC(C)Cc2ccc(C)s2)CCOCC1. The first-order valence-electron chi connectivity index (χ1n) is 7.05. The van der Waals surface area contributed by atoms with Crippen LogP contribution in [0.15, 0.2) is 12.1 Å². The predicted octanol–water partition coefficient (Wildman–Crippen LogP) is 2.30. The Morgan fingerprint density at radius 2 is 2.20 bits per heavy atom. The highest BCUT2D eigenvalue weighted by Gasteiger charge is 2.40. The van der Waals surface area contributed by atoms with Crippen LogP contribution in [0.5, 0.6) is 0 Å². The van der Waals surface area contributed by atoms with Crippen LogP contribution in [0.2, 0.25) is 0 Å². The Bertz CT molecular complexity index is 452. The molecule has 0 radical (unpaired) electrons. The molecule has 1 aromatic rings. The third-order valence-corrected chi connectivity index (χ3v) is 4.81. The third-order valence-electron chi connectivity index (χ3n) is 3.79. The van der Waals surface area contributed by atoms with E-state index in [1.807, 2.05) is 6.92 Å². The molecule has 2 heterocycles. The van der Waals surface area contributed by atoms with Crippen molar-refractivity contribution in [3.05, 3.63) is 21.9 Å². The van der Waals surface area contributed by atoms with Crippen LogP contribution in [0, 0.1) is 6.92 Å². The van der Waals surface area contributed by atoms with Gasteiger partial charge in [0.15, 0.2) is 5.60 Å². The summed E-state index contributed by atoms with van der Waals surface area (Å²) in [5, 5.41) is 3.09. The average Bonchev–Trinajstić information content (AvgIpc) is 2.84. The van der Waals surface area contributed by atoms with Gasteiger partial charge in [-0.2, -0.15) is 0 Å². The van der Waals surface area contributed by atoms with Crippen molar-refractivity contribution in [1.29, 1.82) is 0 Å². The van der Waals surface area contributed by atoms with E-state index in [-0.39, 0.29) is 11.9 Å². The number of hydrogen-bond donors (Lipinski definition) is 1. The number of rotatable bonds is 5. The minimum absolute atomic E-state index is 0.0101. The fourth-order valence-corrected chi connectivity index (χ4v) is 3.55. The molecule has 1 fully saturated rings. The number of thiophene rings is 1. The highest BCUT2D eigenvalue weighted by atomic mass is 32.1. The number of hydrogen-bond acceptors (Lipinski definition) is 4. The molecule has 0 aromatic carbocycles. The number of ether oxygens (including phenoxy) is 2. The van der Waals surface area contributed by atoms with E-state index in [4.69, 9.17) is 9.47 Å². The largest absolute Gasteiger partial charge is 0.381 e. The van der Waals surface area contributed by atoms with E-state index in [2.05, 4.69) is 24.4 Å². The quantitative estimate of drug-likeness (QED) is 0.907. The van der Waals surface area contributed by atoms with Gasteiger partial charge in [0.1, 0.15) is 0 Å². The van der Waals surface area contributed by atoms with Crippen LogP contribution in [0.1, 0.15) is 29.5 Å². The standard InChI is InChI=1S/C15H23NO3S/c1-11(10-13-5-4-12(2)20-13)16-14(17)15(18-3)6-8-19-9-7-15/h4-5,11H,6-10H2,1-3H3,(H,16,17). The van der Waals surface area contributed by atoms with Crippen molar-refractivity contribution in [3.8, 4) is 0 Å². The first-order valence-corrected chi connectivity index (χ1v) is 7.86. The third kappa shape index (κ3) is 3.59. The van der Waals surface area contributed by atoms with Crippen LogP contribution in [-0.2, 0) is 20.7 Å². The van der Waals surface area contributed by atoms with Gasteiger partial charge in [-0.1, -0.05) is 0 Å². The van der Waals surface area contributed by atoms with Crippen molar-refractivity contribution in [2.75, 3.05) is 20.3 Å². The molecule has 4 nitrogen and oxygen atoms in total. The van der Waals surface area contributed by atoms with Crippen LogP contribution < -0.4 is 5.32 Å². The average molecular weight is 297 g/mol. The summed E-state index contributed by atoms with van der Waals surface area (Å²) in [7, 11) is 1.61. The van der Waals surface area contributed by atoms with Crippen molar-refractivity contribution in [3.63, 3.8) is 0 Å². The molecule has 1 saturated heterocycles. The van der Waals surface area contributed by atoms with Gasteiger partial charge in [-0.25, -0.2) is 0 Å². The summed E-state index contributed by atoms with van der Waals surface area (Å²) < 4.78 is 10.8. The molecule has 5 heteroatoms. The first kappa shape index (κ1) is 15.5. The summed E-state index contributed by atoms with van der Waals surface area (Å²) in [6, 6.07) is 4.35. The summed E-state index contributed by atoms with van der Waals surface area (Å²) in [6.07, 6.45) is 2.11. The second-order valence-electron chi connectivity index (χ2n) is 5.40. The molecule has 0 saturated carbocycles. The maximum atomic E-state index is 12.5. The Labute approximate surface area is 124 Å². The van der Waals surface area contributed by atoms with Gasteiger partial charge in [0, 0.05) is 55.4 Å². The Hall–Kier alpha value is -0.910.